The van der Waals surface area contributed by atoms with Crippen LogP contribution in [0.1, 0.15) is 10.4 Å². The van der Waals surface area contributed by atoms with Crippen molar-refractivity contribution in [1.82, 2.24) is 14.1 Å². The van der Waals surface area contributed by atoms with Crippen molar-refractivity contribution >= 4 is 34.2 Å². The van der Waals surface area contributed by atoms with E-state index in [1.165, 1.54) is 27.3 Å². The zero-order chi connectivity index (χ0) is 19.9. The number of esters is 1. The van der Waals surface area contributed by atoms with Crippen molar-refractivity contribution < 1.29 is 9.53 Å². The summed E-state index contributed by atoms with van der Waals surface area (Å²) in [5.41, 5.74) is 4.15. The molecule has 0 aliphatic carbocycles. The molecule has 0 radical (unpaired) electrons. The van der Waals surface area contributed by atoms with Crippen LogP contribution >= 0.6 is 0 Å². The Morgan fingerprint density at radius 2 is 1.81 bits per heavy atom. The highest BCUT2D eigenvalue weighted by Gasteiger charge is 2.18. The third kappa shape index (κ3) is 2.76. The van der Waals surface area contributed by atoms with Gasteiger partial charge < -0.3 is 20.8 Å². The van der Waals surface area contributed by atoms with Crippen molar-refractivity contribution in [1.29, 1.82) is 0 Å². The van der Waals surface area contributed by atoms with Crippen LogP contribution in [0.15, 0.2) is 38.6 Å². The molecular weight excluding hydrogens is 354 g/mol. The van der Waals surface area contributed by atoms with Crippen LogP contribution in [0, 0.1) is 0 Å². The predicted molar refractivity (Wildman–Crippen MR) is 101 cm³/mol. The molecule has 0 amide bonds. The largest absolute Gasteiger partial charge is 0.465 e. The van der Waals surface area contributed by atoms with Crippen molar-refractivity contribution in [3.05, 3.63) is 60.9 Å². The number of fused-ring (bicyclic) bond motifs is 1. The van der Waals surface area contributed by atoms with Gasteiger partial charge in [-0.1, -0.05) is 12.1 Å². The van der Waals surface area contributed by atoms with Crippen molar-refractivity contribution in [2.24, 2.45) is 14.1 Å². The van der Waals surface area contributed by atoms with E-state index in [2.05, 4.69) is 10.3 Å². The van der Waals surface area contributed by atoms with E-state index in [0.29, 0.717) is 5.69 Å². The molecule has 4 N–H and O–H groups in total. The number of H-pyrrole nitrogens is 1. The lowest BCUT2D eigenvalue weighted by Crippen LogP contribution is -2.39. The van der Waals surface area contributed by atoms with Crippen LogP contribution in [-0.4, -0.2) is 27.2 Å². The van der Waals surface area contributed by atoms with Crippen LogP contribution in [0.25, 0.3) is 11.0 Å². The lowest BCUT2D eigenvalue weighted by molar-refractivity contribution is 0.0602. The van der Waals surface area contributed by atoms with Gasteiger partial charge in [0.05, 0.1) is 18.4 Å². The number of aromatic amines is 1. The first-order chi connectivity index (χ1) is 12.8. The molecule has 0 unspecified atom stereocenters. The average Bonchev–Trinajstić information content (AvgIpc) is 2.67. The van der Waals surface area contributed by atoms with E-state index in [1.54, 1.807) is 18.2 Å². The second kappa shape index (κ2) is 6.48. The van der Waals surface area contributed by atoms with E-state index in [0.717, 1.165) is 9.13 Å². The average molecular weight is 371 g/mol. The summed E-state index contributed by atoms with van der Waals surface area (Å²) in [5.74, 6) is -0.534. The zero-order valence-corrected chi connectivity index (χ0v) is 14.8. The van der Waals surface area contributed by atoms with Crippen LogP contribution < -0.4 is 27.7 Å². The second-order valence-electron chi connectivity index (χ2n) is 5.83. The Bertz CT molecular complexity index is 1250. The number of hydrogen-bond acceptors (Lipinski definition) is 7. The minimum absolute atomic E-state index is 0.0142. The highest BCUT2D eigenvalue weighted by atomic mass is 16.5. The number of nitrogens with two attached hydrogens (primary N) is 1. The molecule has 2 heterocycles. The van der Waals surface area contributed by atoms with Crippen LogP contribution in [-0.2, 0) is 18.8 Å². The van der Waals surface area contributed by atoms with Crippen LogP contribution in [0.2, 0.25) is 0 Å². The van der Waals surface area contributed by atoms with Crippen LogP contribution in [0.3, 0.4) is 0 Å². The molecule has 0 saturated carbocycles. The van der Waals surface area contributed by atoms with Gasteiger partial charge in [0.2, 0.25) is 5.43 Å². The first-order valence-electron chi connectivity index (χ1n) is 7.83. The monoisotopic (exact) mass is 371 g/mol. The molecule has 3 rings (SSSR count). The fourth-order valence-corrected chi connectivity index (χ4v) is 2.74. The maximum Gasteiger partial charge on any atom is 0.339 e. The minimum atomic E-state index is -0.748. The number of nitrogen functional groups attached to an aromatic ring is 1. The maximum atomic E-state index is 12.6. The Morgan fingerprint density at radius 1 is 1.15 bits per heavy atom. The fraction of sp³-hybridized carbons (Fsp3) is 0.176. The summed E-state index contributed by atoms with van der Waals surface area (Å²) in [6.07, 6.45) is 0. The summed E-state index contributed by atoms with van der Waals surface area (Å²) < 4.78 is 6.69. The normalized spacial score (nSPS) is 10.8. The maximum absolute atomic E-state index is 12.6. The van der Waals surface area contributed by atoms with Crippen LogP contribution in [0.5, 0.6) is 0 Å². The van der Waals surface area contributed by atoms with Gasteiger partial charge in [-0.3, -0.25) is 18.7 Å². The van der Waals surface area contributed by atoms with Gasteiger partial charge in [0.25, 0.3) is 5.56 Å². The van der Waals surface area contributed by atoms with E-state index in [1.807, 2.05) is 0 Å². The molecule has 10 heteroatoms. The summed E-state index contributed by atoms with van der Waals surface area (Å²) in [6.45, 7) is 0. The number of methoxy groups -OCH3 is 1. The van der Waals surface area contributed by atoms with Gasteiger partial charge in [-0.25, -0.2) is 9.59 Å². The van der Waals surface area contributed by atoms with Gasteiger partial charge in [0, 0.05) is 14.1 Å². The van der Waals surface area contributed by atoms with E-state index >= 15 is 0 Å². The van der Waals surface area contributed by atoms with E-state index in [9.17, 15) is 19.2 Å². The van der Waals surface area contributed by atoms with E-state index in [-0.39, 0.29) is 28.1 Å². The summed E-state index contributed by atoms with van der Waals surface area (Å²) in [6, 6.07) is 6.46. The van der Waals surface area contributed by atoms with Gasteiger partial charge in [-0.05, 0) is 12.1 Å². The van der Waals surface area contributed by atoms with Gasteiger partial charge in [-0.2, -0.15) is 0 Å². The zero-order valence-electron chi connectivity index (χ0n) is 14.8. The number of pyridine rings is 1. The number of nitrogens with zero attached hydrogens (tertiary/aromatic N) is 2. The lowest BCUT2D eigenvalue weighted by Gasteiger charge is -2.14. The topological polar surface area (TPSA) is 141 Å². The molecule has 0 aliphatic heterocycles. The number of benzene rings is 1. The van der Waals surface area contributed by atoms with E-state index in [4.69, 9.17) is 10.5 Å². The third-order valence-corrected chi connectivity index (χ3v) is 4.24. The SMILES string of the molecule is COC(=O)c1ccccc1Nc1[nH]c2c(c(=O)c1N)c(=O)n(C)c(=O)n2C. The van der Waals surface area contributed by atoms with Gasteiger partial charge in [0.15, 0.2) is 0 Å². The number of carbonyl (C=O) groups excluding carboxylic acids is 1. The molecular formula is C17H17N5O5. The van der Waals surface area contributed by atoms with Crippen molar-refractivity contribution in [3.63, 3.8) is 0 Å². The Balaban J connectivity index is 2.29. The van der Waals surface area contributed by atoms with Crippen LogP contribution in [0.4, 0.5) is 17.2 Å². The Hall–Kier alpha value is -3.82. The highest BCUT2D eigenvalue weighted by molar-refractivity contribution is 5.97. The first-order valence-corrected chi connectivity index (χ1v) is 7.83. The Kier molecular flexibility index (Phi) is 4.32. The summed E-state index contributed by atoms with van der Waals surface area (Å²) in [7, 11) is 3.94. The number of aromatic nitrogens is 3. The predicted octanol–water partition coefficient (Wildman–Crippen LogP) is 0.0379. The second-order valence-corrected chi connectivity index (χ2v) is 5.83. The molecule has 140 valence electrons. The molecule has 1 aromatic carbocycles. The quantitative estimate of drug-likeness (QED) is 0.552. The molecule has 3 aromatic rings. The van der Waals surface area contributed by atoms with Gasteiger partial charge in [-0.15, -0.1) is 0 Å². The number of aryl methyl sites for hydroxylation is 1. The molecule has 0 bridgehead atoms. The number of anilines is 3. The molecule has 0 fully saturated rings. The van der Waals surface area contributed by atoms with Gasteiger partial charge >= 0.3 is 11.7 Å². The molecule has 10 nitrogen and oxygen atoms in total. The third-order valence-electron chi connectivity index (χ3n) is 4.24. The standard InChI is InChI=1S/C17H17N5O5/c1-21-14-10(15(24)22(2)17(21)26)12(23)11(18)13(20-14)19-9-7-5-4-6-8(9)16(25)27-3/h4-7H,18H2,1-3H3,(H2,19,20,23). The molecule has 0 spiro atoms. The summed E-state index contributed by atoms with van der Waals surface area (Å²) >= 11 is 0. The number of ether oxygens (including phenoxy) is 1. The molecule has 0 saturated heterocycles. The Labute approximate surface area is 151 Å². The molecule has 0 aliphatic rings. The number of para-hydroxylation sites is 1. The van der Waals surface area contributed by atoms with Crippen molar-refractivity contribution in [2.45, 2.75) is 0 Å². The number of nitrogens with one attached hydrogen (secondary N) is 2. The number of hydrogen-bond donors (Lipinski definition) is 3. The summed E-state index contributed by atoms with van der Waals surface area (Å²) in [4.78, 5) is 51.8. The molecule has 2 aromatic heterocycles. The van der Waals surface area contributed by atoms with Crippen molar-refractivity contribution in [3.8, 4) is 0 Å². The number of rotatable bonds is 3. The van der Waals surface area contributed by atoms with E-state index < -0.39 is 22.6 Å². The lowest BCUT2D eigenvalue weighted by atomic mass is 10.1. The molecule has 0 atom stereocenters. The summed E-state index contributed by atoms with van der Waals surface area (Å²) in [5, 5.41) is 2.63. The highest BCUT2D eigenvalue weighted by Crippen LogP contribution is 2.23. The smallest absolute Gasteiger partial charge is 0.339 e. The number of carbonyl (C=O) groups is 1. The first kappa shape index (κ1) is 18.0. The van der Waals surface area contributed by atoms with Crippen molar-refractivity contribution in [2.75, 3.05) is 18.2 Å². The minimum Gasteiger partial charge on any atom is -0.465 e. The van der Waals surface area contributed by atoms with Gasteiger partial charge in [0.1, 0.15) is 22.5 Å². The fourth-order valence-electron chi connectivity index (χ4n) is 2.74. The molecule has 27 heavy (non-hydrogen) atoms. The Morgan fingerprint density at radius 3 is 2.48 bits per heavy atom.